The van der Waals surface area contributed by atoms with E-state index in [1.54, 1.807) is 0 Å². The Morgan fingerprint density at radius 1 is 1.47 bits per heavy atom. The Hall–Kier alpha value is -1.52. The van der Waals surface area contributed by atoms with E-state index in [4.69, 9.17) is 4.42 Å². The zero-order valence-electron chi connectivity index (χ0n) is 10.7. The number of rotatable bonds is 4. The number of aryl methyl sites for hydroxylation is 2. The molecule has 2 N–H and O–H groups in total. The third-order valence-electron chi connectivity index (χ3n) is 2.71. The summed E-state index contributed by atoms with van der Waals surface area (Å²) in [6.45, 7) is 7.27. The molecule has 1 fully saturated rings. The van der Waals surface area contributed by atoms with Gasteiger partial charge in [0, 0.05) is 12.6 Å². The summed E-state index contributed by atoms with van der Waals surface area (Å²) < 4.78 is 5.49. The molecule has 0 aliphatic heterocycles. The molecule has 2 rings (SSSR count). The molecule has 1 aromatic heterocycles. The second kappa shape index (κ2) is 5.21. The van der Waals surface area contributed by atoms with Crippen LogP contribution in [-0.4, -0.2) is 23.5 Å². The van der Waals surface area contributed by atoms with Crippen LogP contribution in [0, 0.1) is 13.8 Å². The van der Waals surface area contributed by atoms with E-state index in [9.17, 15) is 0 Å². The van der Waals surface area contributed by atoms with Crippen LogP contribution in [0.1, 0.15) is 37.1 Å². The largest absolute Gasteiger partial charge is 0.444 e. The zero-order valence-corrected chi connectivity index (χ0v) is 10.7. The monoisotopic (exact) mass is 236 g/mol. The van der Waals surface area contributed by atoms with Gasteiger partial charge in [-0.3, -0.25) is 0 Å². The molecular formula is C12H20N4O. The molecule has 0 aromatic carbocycles. The fraction of sp³-hybridized carbons (Fsp3) is 0.667. The molecule has 5 heteroatoms. The second-order valence-electron chi connectivity index (χ2n) is 4.36. The number of hydrogen-bond donors (Lipinski definition) is 2. The minimum absolute atomic E-state index is 0.483. The first-order valence-corrected chi connectivity index (χ1v) is 6.16. The van der Waals surface area contributed by atoms with Crippen LogP contribution in [0.15, 0.2) is 9.41 Å². The minimum Gasteiger partial charge on any atom is -0.444 e. The summed E-state index contributed by atoms with van der Waals surface area (Å²) in [6.07, 6.45) is 2.48. The van der Waals surface area contributed by atoms with Gasteiger partial charge in [0.25, 0.3) is 0 Å². The SMILES string of the molecule is CCNC(=NCc1nc(C)c(C)o1)NC1CC1. The van der Waals surface area contributed by atoms with Gasteiger partial charge in [-0.2, -0.15) is 0 Å². The summed E-state index contributed by atoms with van der Waals surface area (Å²) in [5, 5.41) is 6.57. The Balaban J connectivity index is 1.94. The molecule has 0 saturated heterocycles. The van der Waals surface area contributed by atoms with Crippen LogP contribution in [0.25, 0.3) is 0 Å². The van der Waals surface area contributed by atoms with Crippen LogP contribution in [0.4, 0.5) is 0 Å². The number of hydrogen-bond acceptors (Lipinski definition) is 3. The maximum Gasteiger partial charge on any atom is 0.216 e. The summed E-state index contributed by atoms with van der Waals surface area (Å²) in [4.78, 5) is 8.76. The average molecular weight is 236 g/mol. The van der Waals surface area contributed by atoms with Crippen molar-refractivity contribution >= 4 is 5.96 Å². The molecule has 0 amide bonds. The highest BCUT2D eigenvalue weighted by Gasteiger charge is 2.22. The lowest BCUT2D eigenvalue weighted by molar-refractivity contribution is 0.473. The fourth-order valence-electron chi connectivity index (χ4n) is 1.49. The lowest BCUT2D eigenvalue weighted by Crippen LogP contribution is -2.38. The summed E-state index contributed by atoms with van der Waals surface area (Å²) in [6, 6.07) is 0.598. The predicted molar refractivity (Wildman–Crippen MR) is 67.0 cm³/mol. The van der Waals surface area contributed by atoms with Crippen molar-refractivity contribution in [2.45, 2.75) is 46.2 Å². The minimum atomic E-state index is 0.483. The molecule has 0 spiro atoms. The van der Waals surface area contributed by atoms with E-state index in [1.165, 1.54) is 12.8 Å². The summed E-state index contributed by atoms with van der Waals surface area (Å²) in [5.74, 6) is 2.40. The Morgan fingerprint density at radius 2 is 2.24 bits per heavy atom. The molecule has 1 saturated carbocycles. The van der Waals surface area contributed by atoms with E-state index >= 15 is 0 Å². The van der Waals surface area contributed by atoms with Crippen LogP contribution in [-0.2, 0) is 6.54 Å². The van der Waals surface area contributed by atoms with E-state index in [0.29, 0.717) is 18.5 Å². The Labute approximate surface area is 102 Å². The molecule has 5 nitrogen and oxygen atoms in total. The van der Waals surface area contributed by atoms with E-state index in [2.05, 4.69) is 27.5 Å². The van der Waals surface area contributed by atoms with E-state index < -0.39 is 0 Å². The second-order valence-corrected chi connectivity index (χ2v) is 4.36. The highest BCUT2D eigenvalue weighted by Crippen LogP contribution is 2.18. The molecule has 1 heterocycles. The maximum absolute atomic E-state index is 5.49. The van der Waals surface area contributed by atoms with Gasteiger partial charge in [-0.05, 0) is 33.6 Å². The van der Waals surface area contributed by atoms with Crippen molar-refractivity contribution in [3.63, 3.8) is 0 Å². The van der Waals surface area contributed by atoms with Crippen LogP contribution >= 0.6 is 0 Å². The van der Waals surface area contributed by atoms with Crippen molar-refractivity contribution in [2.75, 3.05) is 6.54 Å². The topological polar surface area (TPSA) is 62.5 Å². The molecule has 0 bridgehead atoms. The molecule has 1 aromatic rings. The number of oxazole rings is 1. The number of nitrogens with one attached hydrogen (secondary N) is 2. The summed E-state index contributed by atoms with van der Waals surface area (Å²) >= 11 is 0. The first-order valence-electron chi connectivity index (χ1n) is 6.16. The normalized spacial score (nSPS) is 16.1. The molecule has 0 atom stereocenters. The zero-order chi connectivity index (χ0) is 12.3. The highest BCUT2D eigenvalue weighted by molar-refractivity contribution is 5.80. The third kappa shape index (κ3) is 3.47. The summed E-state index contributed by atoms with van der Waals surface area (Å²) in [5.41, 5.74) is 0.940. The van der Waals surface area contributed by atoms with E-state index in [1.807, 2.05) is 13.8 Å². The quantitative estimate of drug-likeness (QED) is 0.614. The molecule has 1 aliphatic rings. The van der Waals surface area contributed by atoms with E-state index in [-0.39, 0.29) is 0 Å². The molecule has 17 heavy (non-hydrogen) atoms. The summed E-state index contributed by atoms with van der Waals surface area (Å²) in [7, 11) is 0. The van der Waals surface area contributed by atoms with Crippen molar-refractivity contribution in [3.8, 4) is 0 Å². The van der Waals surface area contributed by atoms with Crippen LogP contribution in [0.5, 0.6) is 0 Å². The number of guanidine groups is 1. The van der Waals surface area contributed by atoms with Crippen molar-refractivity contribution < 1.29 is 4.42 Å². The molecule has 0 unspecified atom stereocenters. The van der Waals surface area contributed by atoms with Crippen molar-refractivity contribution in [1.29, 1.82) is 0 Å². The van der Waals surface area contributed by atoms with Gasteiger partial charge in [0.1, 0.15) is 12.3 Å². The van der Waals surface area contributed by atoms with Crippen molar-refractivity contribution in [2.24, 2.45) is 4.99 Å². The smallest absolute Gasteiger partial charge is 0.216 e. The molecule has 94 valence electrons. The highest BCUT2D eigenvalue weighted by atomic mass is 16.4. The van der Waals surface area contributed by atoms with Gasteiger partial charge in [0.15, 0.2) is 5.96 Å². The first-order chi connectivity index (χ1) is 8.19. The standard InChI is InChI=1S/C12H20N4O/c1-4-13-12(16-10-5-6-10)14-7-11-15-8(2)9(3)17-11/h10H,4-7H2,1-3H3,(H2,13,14,16). The Morgan fingerprint density at radius 3 is 2.76 bits per heavy atom. The third-order valence-corrected chi connectivity index (χ3v) is 2.71. The van der Waals surface area contributed by atoms with Gasteiger partial charge in [-0.15, -0.1) is 0 Å². The van der Waals surface area contributed by atoms with Gasteiger partial charge in [0.2, 0.25) is 5.89 Å². The van der Waals surface area contributed by atoms with Gasteiger partial charge >= 0.3 is 0 Å². The lowest BCUT2D eigenvalue weighted by Gasteiger charge is -2.09. The van der Waals surface area contributed by atoms with E-state index in [0.717, 1.165) is 24.0 Å². The Bertz CT molecular complexity index is 387. The molecule has 1 aliphatic carbocycles. The van der Waals surface area contributed by atoms with Crippen molar-refractivity contribution in [3.05, 3.63) is 17.3 Å². The van der Waals surface area contributed by atoms with Crippen LogP contribution in [0.2, 0.25) is 0 Å². The van der Waals surface area contributed by atoms with Gasteiger partial charge in [0.05, 0.1) is 5.69 Å². The lowest BCUT2D eigenvalue weighted by atomic mass is 10.4. The Kier molecular flexibility index (Phi) is 3.66. The fourth-order valence-corrected chi connectivity index (χ4v) is 1.49. The first kappa shape index (κ1) is 12.0. The molecular weight excluding hydrogens is 216 g/mol. The van der Waals surface area contributed by atoms with Gasteiger partial charge < -0.3 is 15.1 Å². The molecule has 0 radical (unpaired) electrons. The van der Waals surface area contributed by atoms with Gasteiger partial charge in [-0.25, -0.2) is 9.98 Å². The number of aliphatic imine (C=N–C) groups is 1. The number of nitrogens with zero attached hydrogens (tertiary/aromatic N) is 2. The van der Waals surface area contributed by atoms with Gasteiger partial charge in [-0.1, -0.05) is 0 Å². The van der Waals surface area contributed by atoms with Crippen LogP contribution in [0.3, 0.4) is 0 Å². The average Bonchev–Trinajstić information content (AvgIpc) is 3.03. The number of aromatic nitrogens is 1. The van der Waals surface area contributed by atoms with Crippen molar-refractivity contribution in [1.82, 2.24) is 15.6 Å². The maximum atomic E-state index is 5.49. The van der Waals surface area contributed by atoms with Crippen LogP contribution < -0.4 is 10.6 Å². The predicted octanol–water partition coefficient (Wildman–Crippen LogP) is 1.51.